The Balaban J connectivity index is 1.90. The molecule has 1 amide bonds. The van der Waals surface area contributed by atoms with Gasteiger partial charge in [0, 0.05) is 0 Å². The largest absolute Gasteiger partial charge is 0.497 e. The first-order valence-corrected chi connectivity index (χ1v) is 6.00. The summed E-state index contributed by atoms with van der Waals surface area (Å²) in [6.07, 6.45) is -0.710. The number of ether oxygens (including phenoxy) is 2. The van der Waals surface area contributed by atoms with Gasteiger partial charge in [-0.05, 0) is 29.8 Å². The average Bonchev–Trinajstić information content (AvgIpc) is 2.48. The molecule has 2 aromatic carbocycles. The molecule has 2 rings (SSSR count). The zero-order chi connectivity index (χ0) is 14.4. The van der Waals surface area contributed by atoms with Gasteiger partial charge in [-0.2, -0.15) is 0 Å². The Labute approximate surface area is 116 Å². The minimum absolute atomic E-state index is 0.0808. The molecule has 1 N–H and O–H groups in total. The Morgan fingerprint density at radius 2 is 2.00 bits per heavy atom. The zero-order valence-electron chi connectivity index (χ0n) is 10.9. The number of hydrogen-bond donors (Lipinski definition) is 1. The number of rotatable bonds is 4. The van der Waals surface area contributed by atoms with Crippen molar-refractivity contribution in [3.63, 3.8) is 0 Å². The first-order valence-electron chi connectivity index (χ1n) is 6.00. The van der Waals surface area contributed by atoms with Gasteiger partial charge < -0.3 is 9.47 Å². The van der Waals surface area contributed by atoms with Crippen LogP contribution in [0.5, 0.6) is 5.75 Å². The van der Waals surface area contributed by atoms with Gasteiger partial charge in [-0.3, -0.25) is 5.32 Å². The van der Waals surface area contributed by atoms with Crippen LogP contribution in [0.3, 0.4) is 0 Å². The molecule has 20 heavy (non-hydrogen) atoms. The van der Waals surface area contributed by atoms with Crippen molar-refractivity contribution in [2.24, 2.45) is 0 Å². The van der Waals surface area contributed by atoms with E-state index in [4.69, 9.17) is 9.47 Å². The highest BCUT2D eigenvalue weighted by molar-refractivity contribution is 5.84. The minimum Gasteiger partial charge on any atom is -0.497 e. The molecular formula is C15H14FNO3. The average molecular weight is 275 g/mol. The number of amides is 1. The Morgan fingerprint density at radius 3 is 2.75 bits per heavy atom. The van der Waals surface area contributed by atoms with Crippen molar-refractivity contribution in [2.45, 2.75) is 6.61 Å². The normalized spacial score (nSPS) is 9.90. The van der Waals surface area contributed by atoms with Crippen molar-refractivity contribution in [1.82, 2.24) is 0 Å². The molecule has 2 aromatic rings. The fraction of sp³-hybridized carbons (Fsp3) is 0.133. The number of benzene rings is 2. The lowest BCUT2D eigenvalue weighted by Gasteiger charge is -2.08. The smallest absolute Gasteiger partial charge is 0.412 e. The Bertz CT molecular complexity index is 601. The molecule has 0 atom stereocenters. The number of carbonyl (C=O) groups is 1. The van der Waals surface area contributed by atoms with Crippen molar-refractivity contribution in [3.8, 4) is 5.75 Å². The highest BCUT2D eigenvalue weighted by atomic mass is 19.1. The van der Waals surface area contributed by atoms with E-state index in [1.165, 1.54) is 12.1 Å². The van der Waals surface area contributed by atoms with Gasteiger partial charge in [0.1, 0.15) is 18.2 Å². The predicted octanol–water partition coefficient (Wildman–Crippen LogP) is 3.58. The third-order valence-electron chi connectivity index (χ3n) is 2.61. The summed E-state index contributed by atoms with van der Waals surface area (Å²) in [5.74, 6) is 0.173. The van der Waals surface area contributed by atoms with Crippen molar-refractivity contribution in [3.05, 3.63) is 59.9 Å². The van der Waals surface area contributed by atoms with Gasteiger partial charge in [0.15, 0.2) is 0 Å². The maximum atomic E-state index is 13.3. The molecule has 0 fully saturated rings. The summed E-state index contributed by atoms with van der Waals surface area (Å²) < 4.78 is 23.4. The Hall–Kier alpha value is -2.56. The van der Waals surface area contributed by atoms with Gasteiger partial charge in [0.2, 0.25) is 0 Å². The molecule has 0 saturated carbocycles. The van der Waals surface area contributed by atoms with Crippen molar-refractivity contribution < 1.29 is 18.7 Å². The van der Waals surface area contributed by atoms with Crippen LogP contribution in [-0.2, 0) is 11.3 Å². The number of para-hydroxylation sites is 1. The molecule has 0 aliphatic heterocycles. The maximum absolute atomic E-state index is 13.3. The molecule has 0 aromatic heterocycles. The highest BCUT2D eigenvalue weighted by Crippen LogP contribution is 2.15. The number of hydrogen-bond acceptors (Lipinski definition) is 3. The molecule has 5 heteroatoms. The molecule has 0 heterocycles. The molecule has 0 saturated heterocycles. The van der Waals surface area contributed by atoms with Crippen LogP contribution in [-0.4, -0.2) is 13.2 Å². The highest BCUT2D eigenvalue weighted by Gasteiger charge is 2.07. The minimum atomic E-state index is -0.710. The summed E-state index contributed by atoms with van der Waals surface area (Å²) in [6.45, 7) is 0.0808. The van der Waals surface area contributed by atoms with Crippen LogP contribution in [0.2, 0.25) is 0 Å². The van der Waals surface area contributed by atoms with E-state index in [9.17, 15) is 9.18 Å². The van der Waals surface area contributed by atoms with Crippen LogP contribution in [0.25, 0.3) is 0 Å². The van der Waals surface area contributed by atoms with E-state index < -0.39 is 11.9 Å². The predicted molar refractivity (Wildman–Crippen MR) is 73.2 cm³/mol. The fourth-order valence-electron chi connectivity index (χ4n) is 1.62. The second-order valence-corrected chi connectivity index (χ2v) is 4.03. The van der Waals surface area contributed by atoms with Crippen LogP contribution in [0.4, 0.5) is 14.9 Å². The van der Waals surface area contributed by atoms with Gasteiger partial charge in [-0.25, -0.2) is 9.18 Å². The topological polar surface area (TPSA) is 47.6 Å². The summed E-state index contributed by atoms with van der Waals surface area (Å²) in [6, 6.07) is 13.0. The van der Waals surface area contributed by atoms with E-state index in [-0.39, 0.29) is 12.3 Å². The first kappa shape index (κ1) is 13.9. The lowest BCUT2D eigenvalue weighted by molar-refractivity contribution is 0.155. The molecule has 0 aliphatic carbocycles. The van der Waals surface area contributed by atoms with Crippen molar-refractivity contribution >= 4 is 11.8 Å². The summed E-state index contributed by atoms with van der Waals surface area (Å²) in [5.41, 5.74) is 0.871. The number of anilines is 1. The quantitative estimate of drug-likeness (QED) is 0.927. The number of carbonyl (C=O) groups excluding carboxylic acids is 1. The number of halogens is 1. The lowest BCUT2D eigenvalue weighted by Crippen LogP contribution is -2.14. The maximum Gasteiger partial charge on any atom is 0.412 e. The van der Waals surface area contributed by atoms with E-state index in [1.54, 1.807) is 43.5 Å². The van der Waals surface area contributed by atoms with Gasteiger partial charge in [0.25, 0.3) is 0 Å². The van der Waals surface area contributed by atoms with Crippen LogP contribution in [0.1, 0.15) is 5.56 Å². The van der Waals surface area contributed by atoms with E-state index >= 15 is 0 Å². The van der Waals surface area contributed by atoms with Gasteiger partial charge in [-0.15, -0.1) is 0 Å². The summed E-state index contributed by atoms with van der Waals surface area (Å²) in [4.78, 5) is 11.6. The molecular weight excluding hydrogens is 261 g/mol. The molecule has 0 bridgehead atoms. The lowest BCUT2D eigenvalue weighted by atomic mass is 10.2. The summed E-state index contributed by atoms with van der Waals surface area (Å²) in [7, 11) is 1.56. The molecule has 0 radical (unpaired) electrons. The van der Waals surface area contributed by atoms with E-state index in [2.05, 4.69) is 5.32 Å². The standard InChI is InChI=1S/C15H14FNO3/c1-19-12-6-4-5-11(9-12)10-20-15(18)17-14-8-3-2-7-13(14)16/h2-9H,10H2,1H3,(H,17,18). The second kappa shape index (κ2) is 6.56. The molecule has 104 valence electrons. The summed E-state index contributed by atoms with van der Waals surface area (Å²) >= 11 is 0. The number of nitrogens with one attached hydrogen (secondary N) is 1. The van der Waals surface area contributed by atoms with E-state index in [0.29, 0.717) is 5.75 Å². The van der Waals surface area contributed by atoms with E-state index in [0.717, 1.165) is 5.56 Å². The first-order chi connectivity index (χ1) is 9.69. The molecule has 4 nitrogen and oxygen atoms in total. The number of methoxy groups -OCH3 is 1. The second-order valence-electron chi connectivity index (χ2n) is 4.03. The van der Waals surface area contributed by atoms with Crippen LogP contribution >= 0.6 is 0 Å². The van der Waals surface area contributed by atoms with Gasteiger partial charge >= 0.3 is 6.09 Å². The third-order valence-corrected chi connectivity index (χ3v) is 2.61. The molecule has 0 aliphatic rings. The van der Waals surface area contributed by atoms with Crippen molar-refractivity contribution in [1.29, 1.82) is 0 Å². The monoisotopic (exact) mass is 275 g/mol. The van der Waals surface area contributed by atoms with Gasteiger partial charge in [0.05, 0.1) is 12.8 Å². The third kappa shape index (κ3) is 3.71. The molecule has 0 spiro atoms. The van der Waals surface area contributed by atoms with E-state index in [1.807, 2.05) is 0 Å². The SMILES string of the molecule is COc1cccc(COC(=O)Nc2ccccc2F)c1. The van der Waals surface area contributed by atoms with Crippen molar-refractivity contribution in [2.75, 3.05) is 12.4 Å². The zero-order valence-corrected chi connectivity index (χ0v) is 10.9. The summed E-state index contributed by atoms with van der Waals surface area (Å²) in [5, 5.41) is 2.34. The fourth-order valence-corrected chi connectivity index (χ4v) is 1.62. The van der Waals surface area contributed by atoms with Crippen LogP contribution in [0.15, 0.2) is 48.5 Å². The Morgan fingerprint density at radius 1 is 1.20 bits per heavy atom. The van der Waals surface area contributed by atoms with Crippen LogP contribution < -0.4 is 10.1 Å². The Kier molecular flexibility index (Phi) is 4.55. The van der Waals surface area contributed by atoms with Crippen LogP contribution in [0, 0.1) is 5.82 Å². The molecule has 0 unspecified atom stereocenters. The van der Waals surface area contributed by atoms with Gasteiger partial charge in [-0.1, -0.05) is 24.3 Å².